The van der Waals surface area contributed by atoms with Crippen LogP contribution in [0.2, 0.25) is 0 Å². The maximum atomic E-state index is 11.1. The number of likely N-dealkylation sites (tertiary alicyclic amines) is 1. The van der Waals surface area contributed by atoms with Crippen LogP contribution in [0.1, 0.15) is 42.7 Å². The van der Waals surface area contributed by atoms with Crippen molar-refractivity contribution in [3.05, 3.63) is 78.1 Å². The van der Waals surface area contributed by atoms with Crippen molar-refractivity contribution in [2.24, 2.45) is 12.5 Å². The quantitative estimate of drug-likeness (QED) is 0.460. The molecule has 2 atom stereocenters. The first-order valence-electron chi connectivity index (χ1n) is 12.8. The Morgan fingerprint density at radius 3 is 2.63 bits per heavy atom. The predicted octanol–water partition coefficient (Wildman–Crippen LogP) is 4.33. The van der Waals surface area contributed by atoms with Gasteiger partial charge in [-0.05, 0) is 60.9 Å². The van der Waals surface area contributed by atoms with Gasteiger partial charge in [-0.3, -0.25) is 9.48 Å². The molecule has 6 heteroatoms. The molecule has 1 aliphatic heterocycles. The molecule has 0 radical (unpaired) electrons. The highest BCUT2D eigenvalue weighted by atomic mass is 16.4. The Bertz CT molecular complexity index is 1130. The Morgan fingerprint density at radius 1 is 1.11 bits per heavy atom. The van der Waals surface area contributed by atoms with E-state index in [0.717, 1.165) is 44.5 Å². The molecule has 0 bridgehead atoms. The molecule has 1 saturated carbocycles. The van der Waals surface area contributed by atoms with E-state index in [1.165, 1.54) is 23.1 Å². The van der Waals surface area contributed by atoms with E-state index in [-0.39, 0.29) is 11.8 Å². The lowest BCUT2D eigenvalue weighted by Crippen LogP contribution is -2.47. The molecule has 2 fully saturated rings. The minimum Gasteiger partial charge on any atom is -0.481 e. The Labute approximate surface area is 208 Å². The summed E-state index contributed by atoms with van der Waals surface area (Å²) in [6.07, 6.45) is 8.62. The summed E-state index contributed by atoms with van der Waals surface area (Å²) in [6, 6.07) is 20.3. The van der Waals surface area contributed by atoms with E-state index >= 15 is 0 Å². The van der Waals surface area contributed by atoms with Gasteiger partial charge in [0.05, 0.1) is 12.6 Å². The van der Waals surface area contributed by atoms with Crippen molar-refractivity contribution in [2.45, 2.75) is 44.1 Å². The van der Waals surface area contributed by atoms with Crippen LogP contribution in [-0.4, -0.2) is 58.0 Å². The van der Waals surface area contributed by atoms with Gasteiger partial charge in [0.2, 0.25) is 0 Å². The molecular weight excluding hydrogens is 436 g/mol. The number of hydrogen-bond donors (Lipinski definition) is 2. The van der Waals surface area contributed by atoms with E-state index in [1.807, 2.05) is 17.9 Å². The summed E-state index contributed by atoms with van der Waals surface area (Å²) in [7, 11) is 1.95. The maximum Gasteiger partial charge on any atom is 0.304 e. The normalized spacial score (nSPS) is 21.6. The third-order valence-electron chi connectivity index (χ3n) is 7.86. The van der Waals surface area contributed by atoms with Crippen LogP contribution in [-0.2, 0) is 18.3 Å². The molecule has 2 N–H and O–H groups in total. The van der Waals surface area contributed by atoms with Gasteiger partial charge in [0.25, 0.3) is 0 Å². The highest BCUT2D eigenvalue weighted by Gasteiger charge is 2.41. The van der Waals surface area contributed by atoms with Crippen molar-refractivity contribution in [3.63, 3.8) is 0 Å². The lowest BCUT2D eigenvalue weighted by atomic mass is 9.73. The summed E-state index contributed by atoms with van der Waals surface area (Å²) in [5.41, 5.74) is 5.34. The second-order valence-electron chi connectivity index (χ2n) is 10.5. The number of hydrogen-bond acceptors (Lipinski definition) is 4. The number of carbonyl (C=O) groups is 1. The molecule has 2 heterocycles. The van der Waals surface area contributed by atoms with Crippen molar-refractivity contribution in [1.29, 1.82) is 0 Å². The van der Waals surface area contributed by atoms with Crippen LogP contribution in [0.25, 0.3) is 11.1 Å². The molecule has 1 saturated heterocycles. The summed E-state index contributed by atoms with van der Waals surface area (Å²) < 4.78 is 1.85. The van der Waals surface area contributed by atoms with Gasteiger partial charge in [-0.1, -0.05) is 54.6 Å². The second-order valence-corrected chi connectivity index (χ2v) is 10.5. The van der Waals surface area contributed by atoms with Crippen molar-refractivity contribution in [1.82, 2.24) is 20.0 Å². The van der Waals surface area contributed by atoms with Gasteiger partial charge in [-0.25, -0.2) is 0 Å². The molecule has 1 aromatic heterocycles. The number of aromatic nitrogens is 2. The summed E-state index contributed by atoms with van der Waals surface area (Å²) in [4.78, 5) is 13.4. The van der Waals surface area contributed by atoms with E-state index in [1.54, 1.807) is 0 Å². The molecule has 3 aromatic rings. The first-order chi connectivity index (χ1) is 17.0. The summed E-state index contributed by atoms with van der Waals surface area (Å²) in [6.45, 7) is 3.58. The number of aryl methyl sites for hydroxylation is 1. The van der Waals surface area contributed by atoms with Crippen LogP contribution in [0.3, 0.4) is 0 Å². The molecule has 2 aromatic carbocycles. The topological polar surface area (TPSA) is 70.4 Å². The molecular formula is C29H36N4O2. The largest absolute Gasteiger partial charge is 0.481 e. The van der Waals surface area contributed by atoms with Crippen LogP contribution < -0.4 is 5.32 Å². The summed E-state index contributed by atoms with van der Waals surface area (Å²) in [5, 5.41) is 17.4. The fourth-order valence-electron chi connectivity index (χ4n) is 5.62. The average molecular weight is 473 g/mol. The zero-order chi connectivity index (χ0) is 24.3. The van der Waals surface area contributed by atoms with Gasteiger partial charge in [0, 0.05) is 43.9 Å². The van der Waals surface area contributed by atoms with Crippen molar-refractivity contribution < 1.29 is 9.90 Å². The smallest absolute Gasteiger partial charge is 0.304 e. The van der Waals surface area contributed by atoms with E-state index in [4.69, 9.17) is 5.11 Å². The molecule has 35 heavy (non-hydrogen) atoms. The third kappa shape index (κ3) is 6.00. The van der Waals surface area contributed by atoms with Crippen LogP contribution in [0, 0.1) is 5.41 Å². The highest BCUT2D eigenvalue weighted by Crippen LogP contribution is 2.42. The number of nitrogens with zero attached hydrogens (tertiary/aromatic N) is 3. The maximum absolute atomic E-state index is 11.1. The average Bonchev–Trinajstić information content (AvgIpc) is 3.53. The van der Waals surface area contributed by atoms with Crippen molar-refractivity contribution >= 4 is 5.97 Å². The van der Waals surface area contributed by atoms with Crippen LogP contribution in [0.4, 0.5) is 0 Å². The van der Waals surface area contributed by atoms with Crippen LogP contribution in [0.15, 0.2) is 67.0 Å². The minimum absolute atomic E-state index is 0.178. The zero-order valence-electron chi connectivity index (χ0n) is 20.6. The van der Waals surface area contributed by atoms with Crippen molar-refractivity contribution in [3.8, 4) is 11.1 Å². The fraction of sp³-hybridized carbons (Fsp3) is 0.448. The van der Waals surface area contributed by atoms with E-state index < -0.39 is 5.97 Å². The first-order valence-corrected chi connectivity index (χ1v) is 12.8. The van der Waals surface area contributed by atoms with Crippen molar-refractivity contribution in [2.75, 3.05) is 26.2 Å². The molecule has 184 valence electrons. The van der Waals surface area contributed by atoms with Gasteiger partial charge in [0.1, 0.15) is 0 Å². The Balaban J connectivity index is 1.28. The summed E-state index contributed by atoms with van der Waals surface area (Å²) in [5.74, 6) is -0.0887. The molecule has 5 rings (SSSR count). The first kappa shape index (κ1) is 23.8. The lowest BCUT2D eigenvalue weighted by Gasteiger charge is -2.42. The van der Waals surface area contributed by atoms with Gasteiger partial charge in [0.15, 0.2) is 0 Å². The Hall–Kier alpha value is -2.96. The molecule has 2 aliphatic rings. The molecule has 0 amide bonds. The van der Waals surface area contributed by atoms with Crippen LogP contribution in [0.5, 0.6) is 0 Å². The highest BCUT2D eigenvalue weighted by molar-refractivity contribution is 5.66. The number of benzene rings is 2. The number of carboxylic acid groups (broad SMARTS) is 1. The standard InChI is InChI=1S/C29H36N4O2/c1-32-20-25(19-31-32)24-9-5-6-22(16-24)18-29(11-14-33(15-12-29)13-10-28(34)35)21-30-27-17-26(27)23-7-3-2-4-8-23/h2-9,16,19-20,26-27,30H,10-15,17-18,21H2,1H3,(H,34,35)/t26-,27+/m0/s1. The lowest BCUT2D eigenvalue weighted by molar-refractivity contribution is -0.137. The SMILES string of the molecule is Cn1cc(-c2cccc(CC3(CN[C@@H]4C[C@H]4c4ccccc4)CCN(CCC(=O)O)CC3)c2)cn1. The molecule has 0 unspecified atom stereocenters. The van der Waals surface area contributed by atoms with E-state index in [9.17, 15) is 4.79 Å². The fourth-order valence-corrected chi connectivity index (χ4v) is 5.62. The third-order valence-corrected chi connectivity index (χ3v) is 7.86. The number of rotatable bonds is 10. The van der Waals surface area contributed by atoms with Gasteiger partial charge < -0.3 is 15.3 Å². The van der Waals surface area contributed by atoms with E-state index in [2.05, 4.69) is 76.1 Å². The number of nitrogens with one attached hydrogen (secondary N) is 1. The molecule has 1 aliphatic carbocycles. The predicted molar refractivity (Wildman–Crippen MR) is 138 cm³/mol. The van der Waals surface area contributed by atoms with E-state index in [0.29, 0.717) is 18.5 Å². The Kier molecular flexibility index (Phi) is 7.02. The number of piperidine rings is 1. The minimum atomic E-state index is -0.712. The van der Waals surface area contributed by atoms with Gasteiger partial charge in [-0.15, -0.1) is 0 Å². The monoisotopic (exact) mass is 472 g/mol. The number of carboxylic acids is 1. The molecule has 6 nitrogen and oxygen atoms in total. The molecule has 0 spiro atoms. The van der Waals surface area contributed by atoms with Crippen LogP contribution >= 0.6 is 0 Å². The number of aliphatic carboxylic acids is 1. The second kappa shape index (κ2) is 10.3. The Morgan fingerprint density at radius 2 is 1.91 bits per heavy atom. The van der Waals surface area contributed by atoms with Gasteiger partial charge >= 0.3 is 5.97 Å². The zero-order valence-corrected chi connectivity index (χ0v) is 20.6. The summed E-state index contributed by atoms with van der Waals surface area (Å²) >= 11 is 0. The van der Waals surface area contributed by atoms with Gasteiger partial charge in [-0.2, -0.15) is 5.10 Å².